The molecule has 0 aliphatic carbocycles. The molecular formula is C15H19N3O3. The average molecular weight is 289 g/mol. The summed E-state index contributed by atoms with van der Waals surface area (Å²) in [4.78, 5) is 36.7. The normalized spacial score (nSPS) is 17.8. The molecule has 1 aliphatic heterocycles. The van der Waals surface area contributed by atoms with Crippen LogP contribution in [0.25, 0.3) is 0 Å². The first-order valence-corrected chi connectivity index (χ1v) is 6.99. The third-order valence-electron chi connectivity index (χ3n) is 3.29. The molecule has 1 heterocycles. The summed E-state index contributed by atoms with van der Waals surface area (Å²) in [5, 5.41) is 5.28. The number of aryl methyl sites for hydroxylation is 1. The van der Waals surface area contributed by atoms with Crippen molar-refractivity contribution in [2.24, 2.45) is 0 Å². The molecule has 4 amide bonds. The molecule has 0 spiro atoms. The minimum atomic E-state index is -0.505. The maximum absolute atomic E-state index is 12.0. The Morgan fingerprint density at radius 1 is 1.38 bits per heavy atom. The molecule has 0 radical (unpaired) electrons. The Bertz CT molecular complexity index is 571. The van der Waals surface area contributed by atoms with Crippen molar-refractivity contribution in [1.29, 1.82) is 0 Å². The van der Waals surface area contributed by atoms with E-state index < -0.39 is 12.1 Å². The zero-order valence-corrected chi connectivity index (χ0v) is 12.2. The van der Waals surface area contributed by atoms with Crippen LogP contribution in [0.4, 0.5) is 10.5 Å². The fourth-order valence-electron chi connectivity index (χ4n) is 2.28. The summed E-state index contributed by atoms with van der Waals surface area (Å²) in [5.41, 5.74) is 1.67. The number of urea groups is 1. The highest BCUT2D eigenvalue weighted by Crippen LogP contribution is 2.12. The third-order valence-corrected chi connectivity index (χ3v) is 3.29. The zero-order chi connectivity index (χ0) is 15.4. The highest BCUT2D eigenvalue weighted by molar-refractivity contribution is 6.07. The minimum absolute atomic E-state index is 0.265. The van der Waals surface area contributed by atoms with Gasteiger partial charge in [-0.05, 0) is 31.0 Å². The molecule has 0 aromatic heterocycles. The van der Waals surface area contributed by atoms with Crippen LogP contribution >= 0.6 is 0 Å². The molecule has 1 atom stereocenters. The van der Waals surface area contributed by atoms with Crippen LogP contribution in [0.15, 0.2) is 24.3 Å². The molecule has 0 bridgehead atoms. The van der Waals surface area contributed by atoms with Crippen molar-refractivity contribution in [1.82, 2.24) is 10.2 Å². The SMILES string of the molecule is CCC[C@@H]1NC(=O)N(CC(=O)Nc2cccc(C)c2)C1=O. The molecule has 1 saturated heterocycles. The van der Waals surface area contributed by atoms with Gasteiger partial charge >= 0.3 is 6.03 Å². The quantitative estimate of drug-likeness (QED) is 0.809. The molecular weight excluding hydrogens is 270 g/mol. The van der Waals surface area contributed by atoms with Crippen molar-refractivity contribution in [3.8, 4) is 0 Å². The van der Waals surface area contributed by atoms with E-state index in [0.29, 0.717) is 12.1 Å². The second-order valence-corrected chi connectivity index (χ2v) is 5.13. The Balaban J connectivity index is 1.96. The highest BCUT2D eigenvalue weighted by atomic mass is 16.2. The maximum Gasteiger partial charge on any atom is 0.325 e. The van der Waals surface area contributed by atoms with Gasteiger partial charge in [0.05, 0.1) is 0 Å². The number of rotatable bonds is 5. The first-order chi connectivity index (χ1) is 10.0. The summed E-state index contributed by atoms with van der Waals surface area (Å²) in [6, 6.07) is 6.32. The van der Waals surface area contributed by atoms with E-state index in [0.717, 1.165) is 16.9 Å². The molecule has 6 nitrogen and oxygen atoms in total. The topological polar surface area (TPSA) is 78.5 Å². The number of hydrogen-bond donors (Lipinski definition) is 2. The Kier molecular flexibility index (Phi) is 4.57. The number of carbonyl (C=O) groups is 3. The van der Waals surface area contributed by atoms with Crippen molar-refractivity contribution in [3.05, 3.63) is 29.8 Å². The standard InChI is InChI=1S/C15H19N3O3/c1-3-5-12-14(20)18(15(21)17-12)9-13(19)16-11-7-4-6-10(2)8-11/h4,6-8,12H,3,5,9H2,1-2H3,(H,16,19)(H,17,21)/t12-/m0/s1. The zero-order valence-electron chi connectivity index (χ0n) is 12.2. The number of imide groups is 1. The van der Waals surface area contributed by atoms with E-state index in [4.69, 9.17) is 0 Å². The van der Waals surface area contributed by atoms with E-state index >= 15 is 0 Å². The van der Waals surface area contributed by atoms with Gasteiger partial charge in [-0.1, -0.05) is 25.5 Å². The van der Waals surface area contributed by atoms with Gasteiger partial charge in [-0.2, -0.15) is 0 Å². The molecule has 6 heteroatoms. The lowest BCUT2D eigenvalue weighted by Gasteiger charge is -2.13. The monoisotopic (exact) mass is 289 g/mol. The van der Waals surface area contributed by atoms with Crippen LogP contribution in [0.2, 0.25) is 0 Å². The number of amides is 4. The summed E-state index contributed by atoms with van der Waals surface area (Å²) in [6.07, 6.45) is 1.38. The Labute approximate surface area is 123 Å². The number of nitrogens with zero attached hydrogens (tertiary/aromatic N) is 1. The smallest absolute Gasteiger partial charge is 0.325 e. The highest BCUT2D eigenvalue weighted by Gasteiger charge is 2.38. The molecule has 1 aliphatic rings. The summed E-state index contributed by atoms with van der Waals surface area (Å²) in [5.74, 6) is -0.720. The third kappa shape index (κ3) is 3.59. The minimum Gasteiger partial charge on any atom is -0.326 e. The fourth-order valence-corrected chi connectivity index (χ4v) is 2.28. The van der Waals surface area contributed by atoms with Crippen molar-refractivity contribution in [3.63, 3.8) is 0 Å². The number of benzene rings is 1. The number of nitrogens with one attached hydrogen (secondary N) is 2. The molecule has 2 rings (SSSR count). The Hall–Kier alpha value is -2.37. The molecule has 0 saturated carbocycles. The summed E-state index contributed by atoms with van der Waals surface area (Å²) in [6.45, 7) is 3.59. The lowest BCUT2D eigenvalue weighted by atomic mass is 10.2. The number of carbonyl (C=O) groups excluding carboxylic acids is 3. The summed E-state index contributed by atoms with van der Waals surface area (Å²) in [7, 11) is 0. The number of anilines is 1. The first kappa shape index (κ1) is 15.0. The molecule has 2 N–H and O–H groups in total. The maximum atomic E-state index is 12.0. The van der Waals surface area contributed by atoms with Crippen molar-refractivity contribution >= 4 is 23.5 Å². The van der Waals surface area contributed by atoms with Crippen LogP contribution in [0.5, 0.6) is 0 Å². The van der Waals surface area contributed by atoms with Crippen molar-refractivity contribution < 1.29 is 14.4 Å². The van der Waals surface area contributed by atoms with Gasteiger partial charge in [0.1, 0.15) is 12.6 Å². The lowest BCUT2D eigenvalue weighted by Crippen LogP contribution is -2.38. The van der Waals surface area contributed by atoms with Crippen LogP contribution in [-0.4, -0.2) is 35.3 Å². The first-order valence-electron chi connectivity index (χ1n) is 6.99. The molecule has 0 unspecified atom stereocenters. The average Bonchev–Trinajstić information content (AvgIpc) is 2.67. The van der Waals surface area contributed by atoms with E-state index in [1.807, 2.05) is 32.0 Å². The van der Waals surface area contributed by atoms with Crippen LogP contribution < -0.4 is 10.6 Å². The van der Waals surface area contributed by atoms with Crippen LogP contribution in [-0.2, 0) is 9.59 Å². The van der Waals surface area contributed by atoms with Gasteiger partial charge in [-0.3, -0.25) is 14.5 Å². The Morgan fingerprint density at radius 3 is 2.81 bits per heavy atom. The van der Waals surface area contributed by atoms with Gasteiger partial charge in [-0.25, -0.2) is 4.79 Å². The molecule has 21 heavy (non-hydrogen) atoms. The van der Waals surface area contributed by atoms with Crippen LogP contribution in [0, 0.1) is 6.92 Å². The summed E-state index contributed by atoms with van der Waals surface area (Å²) >= 11 is 0. The van der Waals surface area contributed by atoms with E-state index in [1.54, 1.807) is 6.07 Å². The van der Waals surface area contributed by atoms with Gasteiger partial charge in [0.15, 0.2) is 0 Å². The lowest BCUT2D eigenvalue weighted by molar-refractivity contribution is -0.130. The van der Waals surface area contributed by atoms with E-state index in [-0.39, 0.29) is 18.4 Å². The predicted octanol–water partition coefficient (Wildman–Crippen LogP) is 1.65. The molecule has 1 aromatic carbocycles. The van der Waals surface area contributed by atoms with E-state index in [9.17, 15) is 14.4 Å². The van der Waals surface area contributed by atoms with Gasteiger partial charge in [0.25, 0.3) is 5.91 Å². The second-order valence-electron chi connectivity index (χ2n) is 5.13. The Morgan fingerprint density at radius 2 is 2.14 bits per heavy atom. The van der Waals surface area contributed by atoms with Crippen LogP contribution in [0.1, 0.15) is 25.3 Å². The fraction of sp³-hybridized carbons (Fsp3) is 0.400. The molecule has 1 fully saturated rings. The molecule has 112 valence electrons. The van der Waals surface area contributed by atoms with E-state index in [1.165, 1.54) is 0 Å². The van der Waals surface area contributed by atoms with Gasteiger partial charge < -0.3 is 10.6 Å². The number of hydrogen-bond acceptors (Lipinski definition) is 3. The van der Waals surface area contributed by atoms with Crippen molar-refractivity contribution in [2.75, 3.05) is 11.9 Å². The van der Waals surface area contributed by atoms with Gasteiger partial charge in [0, 0.05) is 5.69 Å². The van der Waals surface area contributed by atoms with Crippen molar-refractivity contribution in [2.45, 2.75) is 32.7 Å². The van der Waals surface area contributed by atoms with Crippen LogP contribution in [0.3, 0.4) is 0 Å². The summed E-state index contributed by atoms with van der Waals surface area (Å²) < 4.78 is 0. The van der Waals surface area contributed by atoms with Gasteiger partial charge in [0.2, 0.25) is 5.91 Å². The van der Waals surface area contributed by atoms with Gasteiger partial charge in [-0.15, -0.1) is 0 Å². The largest absolute Gasteiger partial charge is 0.326 e. The van der Waals surface area contributed by atoms with E-state index in [2.05, 4.69) is 10.6 Å². The molecule has 1 aromatic rings. The predicted molar refractivity (Wildman–Crippen MR) is 78.7 cm³/mol. The second kappa shape index (κ2) is 6.39.